The minimum atomic E-state index is -1.04. The van der Waals surface area contributed by atoms with Crippen molar-refractivity contribution in [1.29, 1.82) is 0 Å². The summed E-state index contributed by atoms with van der Waals surface area (Å²) in [4.78, 5) is 18.0. The summed E-state index contributed by atoms with van der Waals surface area (Å²) in [6.07, 6.45) is -0.0611. The molecule has 3 unspecified atom stereocenters. The number of carbonyl (C=O) groups is 1. The van der Waals surface area contributed by atoms with Crippen LogP contribution in [0, 0.1) is 0 Å². The molecular formula is C19H33FN8O2. The number of methoxy groups -OCH3 is 1. The third kappa shape index (κ3) is 4.53. The molecule has 0 bridgehead atoms. The smallest absolute Gasteiger partial charge is 0.259 e. The lowest BCUT2D eigenvalue weighted by molar-refractivity contribution is 0.0506. The average molecular weight is 425 g/mol. The number of piperidine rings is 1. The van der Waals surface area contributed by atoms with Gasteiger partial charge in [0.2, 0.25) is 0 Å². The molecule has 3 atom stereocenters. The Balaban J connectivity index is 1.40. The Bertz CT molecular complexity index is 736. The zero-order valence-corrected chi connectivity index (χ0v) is 17.6. The summed E-state index contributed by atoms with van der Waals surface area (Å²) in [6.45, 7) is 7.59. The second-order valence-corrected chi connectivity index (χ2v) is 8.28. The van der Waals surface area contributed by atoms with Crippen LogP contribution in [0.2, 0.25) is 0 Å². The summed E-state index contributed by atoms with van der Waals surface area (Å²) in [7, 11) is 1.73. The normalized spacial score (nSPS) is 28.0. The highest BCUT2D eigenvalue weighted by atomic mass is 19.1. The molecule has 1 aromatic rings. The van der Waals surface area contributed by atoms with Gasteiger partial charge < -0.3 is 26.4 Å². The summed E-state index contributed by atoms with van der Waals surface area (Å²) < 4.78 is 20.3. The van der Waals surface area contributed by atoms with Crippen LogP contribution in [0.3, 0.4) is 0 Å². The monoisotopic (exact) mass is 424 g/mol. The van der Waals surface area contributed by atoms with Crippen LogP contribution in [0.5, 0.6) is 0 Å². The Labute approximate surface area is 176 Å². The molecule has 1 aromatic heterocycles. The van der Waals surface area contributed by atoms with Gasteiger partial charge >= 0.3 is 0 Å². The number of fused-ring (bicyclic) bond motifs is 1. The minimum Gasteiger partial charge on any atom is -0.383 e. The van der Waals surface area contributed by atoms with Gasteiger partial charge in [-0.25, -0.2) is 9.07 Å². The first-order valence-electron chi connectivity index (χ1n) is 10.8. The second-order valence-electron chi connectivity index (χ2n) is 8.28. The molecule has 11 heteroatoms. The number of halogens is 1. The molecule has 30 heavy (non-hydrogen) atoms. The van der Waals surface area contributed by atoms with Gasteiger partial charge in [0, 0.05) is 59.0 Å². The van der Waals surface area contributed by atoms with E-state index in [1.807, 2.05) is 0 Å². The maximum Gasteiger partial charge on any atom is 0.259 e. The van der Waals surface area contributed by atoms with Crippen molar-refractivity contribution in [3.8, 4) is 0 Å². The maximum atomic E-state index is 13.6. The highest BCUT2D eigenvalue weighted by molar-refractivity contribution is 6.03. The molecule has 0 aromatic carbocycles. The van der Waals surface area contributed by atoms with E-state index in [-0.39, 0.29) is 36.9 Å². The van der Waals surface area contributed by atoms with Gasteiger partial charge in [-0.3, -0.25) is 14.6 Å². The molecule has 2 fully saturated rings. The van der Waals surface area contributed by atoms with E-state index in [9.17, 15) is 9.18 Å². The predicted octanol–water partition coefficient (Wildman–Crippen LogP) is -1.05. The third-order valence-corrected chi connectivity index (χ3v) is 6.32. The number of hydrogen-bond donors (Lipinski definition) is 4. The highest BCUT2D eigenvalue weighted by Gasteiger charge is 2.35. The Morgan fingerprint density at radius 2 is 2.13 bits per heavy atom. The molecule has 4 heterocycles. The zero-order valence-electron chi connectivity index (χ0n) is 17.6. The van der Waals surface area contributed by atoms with Gasteiger partial charge in [0.1, 0.15) is 17.6 Å². The van der Waals surface area contributed by atoms with E-state index in [0.717, 1.165) is 52.3 Å². The van der Waals surface area contributed by atoms with Crippen LogP contribution in [0.4, 0.5) is 16.0 Å². The number of nitrogen functional groups attached to an aromatic ring is 1. The van der Waals surface area contributed by atoms with Crippen molar-refractivity contribution in [3.05, 3.63) is 5.56 Å². The molecule has 3 aliphatic heterocycles. The van der Waals surface area contributed by atoms with E-state index >= 15 is 0 Å². The molecule has 0 spiro atoms. The third-order valence-electron chi connectivity index (χ3n) is 6.32. The molecule has 1 amide bonds. The standard InChI is InChI=1S/C19H33FN8O2/c1-30-9-8-26-4-6-27(7-5-26)15-2-3-22-11-14(15)24-19(29)16-17(21)25-28-12-13(20)10-23-18(16)28/h13-15,22-23H,2-12H2,1H3,(H2,21,25)(H,24,29). The van der Waals surface area contributed by atoms with Crippen molar-refractivity contribution in [3.63, 3.8) is 0 Å². The number of anilines is 2. The molecular weight excluding hydrogens is 391 g/mol. The molecule has 4 rings (SSSR count). The van der Waals surface area contributed by atoms with Crippen LogP contribution >= 0.6 is 0 Å². The fourth-order valence-electron chi connectivity index (χ4n) is 4.68. The van der Waals surface area contributed by atoms with Crippen molar-refractivity contribution >= 4 is 17.5 Å². The molecule has 168 valence electrons. The first-order chi connectivity index (χ1) is 14.6. The lowest BCUT2D eigenvalue weighted by Gasteiger charge is -2.44. The maximum absolute atomic E-state index is 13.6. The van der Waals surface area contributed by atoms with Crippen molar-refractivity contribution in [2.75, 3.05) is 77.1 Å². The number of alkyl halides is 1. The topological polar surface area (TPSA) is 113 Å². The molecule has 0 aliphatic carbocycles. The molecule has 10 nitrogen and oxygen atoms in total. The number of ether oxygens (including phenoxy) is 1. The van der Waals surface area contributed by atoms with Crippen molar-refractivity contribution in [2.45, 2.75) is 31.2 Å². The summed E-state index contributed by atoms with van der Waals surface area (Å²) in [5, 5.41) is 13.7. The number of nitrogens with zero attached hydrogens (tertiary/aromatic N) is 4. The molecule has 3 aliphatic rings. The van der Waals surface area contributed by atoms with Gasteiger partial charge in [-0.2, -0.15) is 5.10 Å². The van der Waals surface area contributed by atoms with E-state index in [2.05, 4.69) is 30.8 Å². The van der Waals surface area contributed by atoms with Gasteiger partial charge in [0.05, 0.1) is 19.2 Å². The summed E-state index contributed by atoms with van der Waals surface area (Å²) >= 11 is 0. The van der Waals surface area contributed by atoms with Gasteiger partial charge in [-0.05, 0) is 13.0 Å². The fraction of sp³-hybridized carbons (Fsp3) is 0.789. The van der Waals surface area contributed by atoms with Crippen LogP contribution in [0.15, 0.2) is 0 Å². The second kappa shape index (κ2) is 9.46. The van der Waals surface area contributed by atoms with Crippen molar-refractivity contribution < 1.29 is 13.9 Å². The molecule has 0 saturated carbocycles. The van der Waals surface area contributed by atoms with E-state index in [4.69, 9.17) is 10.5 Å². The fourth-order valence-corrected chi connectivity index (χ4v) is 4.68. The Kier molecular flexibility index (Phi) is 6.71. The number of nitrogens with two attached hydrogens (primary N) is 1. The van der Waals surface area contributed by atoms with Crippen molar-refractivity contribution in [2.24, 2.45) is 0 Å². The first kappa shape index (κ1) is 21.3. The molecule has 5 N–H and O–H groups in total. The highest BCUT2D eigenvalue weighted by Crippen LogP contribution is 2.26. The number of amides is 1. The summed E-state index contributed by atoms with van der Waals surface area (Å²) in [5.41, 5.74) is 6.32. The van der Waals surface area contributed by atoms with E-state index in [1.54, 1.807) is 7.11 Å². The lowest BCUT2D eigenvalue weighted by atomic mass is 9.97. The number of piperazine rings is 1. The number of carbonyl (C=O) groups excluding carboxylic acids is 1. The summed E-state index contributed by atoms with van der Waals surface area (Å²) in [6, 6.07) is 0.250. The quantitative estimate of drug-likeness (QED) is 0.458. The van der Waals surface area contributed by atoms with Gasteiger partial charge in [0.25, 0.3) is 5.91 Å². The number of aromatic nitrogens is 2. The van der Waals surface area contributed by atoms with Crippen LogP contribution in [0.1, 0.15) is 16.8 Å². The summed E-state index contributed by atoms with van der Waals surface area (Å²) in [5.74, 6) is 0.387. The lowest BCUT2D eigenvalue weighted by Crippen LogP contribution is -2.62. The Hall–Kier alpha value is -1.95. The van der Waals surface area contributed by atoms with E-state index in [1.165, 1.54) is 4.68 Å². The zero-order chi connectivity index (χ0) is 21.1. The first-order valence-corrected chi connectivity index (χ1v) is 10.8. The van der Waals surface area contributed by atoms with Gasteiger partial charge in [-0.1, -0.05) is 0 Å². The number of hydrogen-bond acceptors (Lipinski definition) is 8. The predicted molar refractivity (Wildman–Crippen MR) is 112 cm³/mol. The molecule has 0 radical (unpaired) electrons. The van der Waals surface area contributed by atoms with Crippen LogP contribution in [0.25, 0.3) is 0 Å². The van der Waals surface area contributed by atoms with Crippen LogP contribution in [-0.4, -0.2) is 110 Å². The van der Waals surface area contributed by atoms with E-state index < -0.39 is 6.17 Å². The van der Waals surface area contributed by atoms with Crippen molar-refractivity contribution in [1.82, 2.24) is 30.2 Å². The Morgan fingerprint density at radius 1 is 1.33 bits per heavy atom. The van der Waals surface area contributed by atoms with Gasteiger partial charge in [0.15, 0.2) is 5.82 Å². The van der Waals surface area contributed by atoms with E-state index in [0.29, 0.717) is 17.9 Å². The Morgan fingerprint density at radius 3 is 2.90 bits per heavy atom. The molecule has 2 saturated heterocycles. The largest absolute Gasteiger partial charge is 0.383 e. The SMILES string of the molecule is COCCN1CCN(C2CCNCC2NC(=O)c2c(N)nn3c2NCC(F)C3)CC1. The number of nitrogens with one attached hydrogen (secondary N) is 3. The van der Waals surface area contributed by atoms with Crippen LogP contribution < -0.4 is 21.7 Å². The average Bonchev–Trinajstić information content (AvgIpc) is 3.08. The number of rotatable bonds is 6. The minimum absolute atomic E-state index is 0.0239. The van der Waals surface area contributed by atoms with Crippen LogP contribution in [-0.2, 0) is 11.3 Å². The van der Waals surface area contributed by atoms with Gasteiger partial charge in [-0.15, -0.1) is 0 Å².